The van der Waals surface area contributed by atoms with E-state index in [0.29, 0.717) is 19.0 Å². The van der Waals surface area contributed by atoms with Crippen LogP contribution in [0.2, 0.25) is 0 Å². The highest BCUT2D eigenvalue weighted by Crippen LogP contribution is 2.35. The number of anilines is 2. The van der Waals surface area contributed by atoms with Crippen LogP contribution < -0.4 is 20.9 Å². The summed E-state index contributed by atoms with van der Waals surface area (Å²) in [6.07, 6.45) is 7.27. The molecule has 0 aromatic carbocycles. The lowest BCUT2D eigenvalue weighted by molar-refractivity contribution is -0.119. The van der Waals surface area contributed by atoms with Crippen LogP contribution in [0.3, 0.4) is 0 Å². The lowest BCUT2D eigenvalue weighted by Crippen LogP contribution is -2.44. The topological polar surface area (TPSA) is 100 Å². The van der Waals surface area contributed by atoms with Crippen molar-refractivity contribution in [1.82, 2.24) is 20.5 Å². The fourth-order valence-electron chi connectivity index (χ4n) is 5.21. The Hall–Kier alpha value is -2.58. The smallest absolute Gasteiger partial charge is 0.228 e. The second-order valence-corrected chi connectivity index (χ2v) is 11.8. The number of nitrogens with two attached hydrogens (primary N) is 1. The van der Waals surface area contributed by atoms with Crippen molar-refractivity contribution in [3.63, 3.8) is 0 Å². The Kier molecular flexibility index (Phi) is 7.95. The van der Waals surface area contributed by atoms with E-state index in [1.54, 1.807) is 0 Å². The van der Waals surface area contributed by atoms with Crippen molar-refractivity contribution in [3.8, 4) is 0 Å². The van der Waals surface area contributed by atoms with Gasteiger partial charge >= 0.3 is 0 Å². The van der Waals surface area contributed by atoms with Crippen LogP contribution in [-0.4, -0.2) is 59.9 Å². The number of hydrogen-bond donors (Lipinski definition) is 2. The molecule has 0 radical (unpaired) electrons. The zero-order chi connectivity index (χ0) is 25.9. The normalized spacial score (nSPS) is 20.2. The minimum absolute atomic E-state index is 0.0277. The van der Waals surface area contributed by atoms with Crippen LogP contribution in [-0.2, 0) is 15.6 Å². The summed E-state index contributed by atoms with van der Waals surface area (Å²) < 4.78 is 0. The average molecular weight is 494 g/mol. The molecule has 2 aliphatic rings. The molecule has 4 rings (SSSR count). The summed E-state index contributed by atoms with van der Waals surface area (Å²) >= 11 is 0. The molecule has 1 unspecified atom stereocenters. The number of aromatic nitrogens is 3. The van der Waals surface area contributed by atoms with Crippen LogP contribution in [0.25, 0.3) is 0 Å². The van der Waals surface area contributed by atoms with Gasteiger partial charge in [-0.05, 0) is 63.4 Å². The van der Waals surface area contributed by atoms with E-state index in [1.807, 2.05) is 24.2 Å². The summed E-state index contributed by atoms with van der Waals surface area (Å²) in [6, 6.07) is 8.94. The van der Waals surface area contributed by atoms with Gasteiger partial charge in [-0.1, -0.05) is 27.7 Å². The first-order valence-corrected chi connectivity index (χ1v) is 13.4. The first-order chi connectivity index (χ1) is 17.1. The Balaban J connectivity index is 1.36. The molecule has 2 aromatic rings. The van der Waals surface area contributed by atoms with Crippen LogP contribution in [0.15, 0.2) is 30.5 Å². The minimum Gasteiger partial charge on any atom is -0.355 e. The minimum atomic E-state index is -0.102. The summed E-state index contributed by atoms with van der Waals surface area (Å²) in [4.78, 5) is 21.3. The molecule has 3 N–H and O–H groups in total. The van der Waals surface area contributed by atoms with E-state index < -0.39 is 0 Å². The number of nitrogens with zero attached hydrogens (tertiary/aromatic N) is 5. The van der Waals surface area contributed by atoms with Gasteiger partial charge in [-0.2, -0.15) is 5.10 Å². The SMILES string of the molecule is CNC1CCN(c2ccc(C(C)(C)CCC(C)(C)c3ccc(N4CCC(N)CC4=O)cn3)nn2)CC1. The fourth-order valence-corrected chi connectivity index (χ4v) is 5.21. The number of amides is 1. The van der Waals surface area contributed by atoms with E-state index in [9.17, 15) is 4.79 Å². The predicted octanol–water partition coefficient (Wildman–Crippen LogP) is 3.55. The van der Waals surface area contributed by atoms with Gasteiger partial charge in [0.15, 0.2) is 5.82 Å². The molecule has 8 heteroatoms. The van der Waals surface area contributed by atoms with Crippen molar-refractivity contribution < 1.29 is 4.79 Å². The van der Waals surface area contributed by atoms with Gasteiger partial charge in [-0.25, -0.2) is 0 Å². The van der Waals surface area contributed by atoms with Gasteiger partial charge < -0.3 is 20.9 Å². The third kappa shape index (κ3) is 6.03. The van der Waals surface area contributed by atoms with Gasteiger partial charge in [0.05, 0.1) is 17.6 Å². The number of nitrogens with one attached hydrogen (secondary N) is 1. The molecule has 0 spiro atoms. The van der Waals surface area contributed by atoms with Crippen LogP contribution in [0.5, 0.6) is 0 Å². The van der Waals surface area contributed by atoms with Gasteiger partial charge in [0.2, 0.25) is 5.91 Å². The van der Waals surface area contributed by atoms with E-state index >= 15 is 0 Å². The molecule has 0 bridgehead atoms. The largest absolute Gasteiger partial charge is 0.355 e. The second kappa shape index (κ2) is 10.8. The zero-order valence-corrected chi connectivity index (χ0v) is 22.6. The highest BCUT2D eigenvalue weighted by molar-refractivity contribution is 5.94. The van der Waals surface area contributed by atoms with E-state index in [0.717, 1.165) is 68.1 Å². The molecule has 2 aliphatic heterocycles. The average Bonchev–Trinajstić information content (AvgIpc) is 2.88. The summed E-state index contributed by atoms with van der Waals surface area (Å²) in [5.41, 5.74) is 8.65. The Morgan fingerprint density at radius 3 is 2.17 bits per heavy atom. The monoisotopic (exact) mass is 493 g/mol. The van der Waals surface area contributed by atoms with Crippen LogP contribution >= 0.6 is 0 Å². The Bertz CT molecular complexity index is 1010. The van der Waals surface area contributed by atoms with Crippen molar-refractivity contribution in [2.24, 2.45) is 5.73 Å². The first kappa shape index (κ1) is 26.5. The molecule has 0 aliphatic carbocycles. The van der Waals surface area contributed by atoms with Gasteiger partial charge in [-0.3, -0.25) is 9.78 Å². The maximum Gasteiger partial charge on any atom is 0.228 e. The molecule has 196 valence electrons. The molecule has 1 atom stereocenters. The molecule has 0 saturated carbocycles. The molecule has 2 aromatic heterocycles. The lowest BCUT2D eigenvalue weighted by atomic mass is 9.75. The maximum atomic E-state index is 12.4. The predicted molar refractivity (Wildman–Crippen MR) is 145 cm³/mol. The summed E-state index contributed by atoms with van der Waals surface area (Å²) in [5, 5.41) is 12.6. The van der Waals surface area contributed by atoms with Gasteiger partial charge in [0.25, 0.3) is 0 Å². The standard InChI is InChI=1S/C28H43N7O/c1-27(2,23-7-6-22(19-31-23)35-17-10-20(29)18-26(35)36)13-14-28(3,4)24-8-9-25(33-32-24)34-15-11-21(30-5)12-16-34/h6-9,19-21,30H,10-18,29H2,1-5H3. The van der Waals surface area contributed by atoms with Crippen molar-refractivity contribution in [2.45, 2.75) is 89.1 Å². The van der Waals surface area contributed by atoms with E-state index in [2.05, 4.69) is 66.3 Å². The number of rotatable bonds is 8. The molecule has 2 fully saturated rings. The van der Waals surface area contributed by atoms with Gasteiger partial charge in [0.1, 0.15) is 0 Å². The summed E-state index contributed by atoms with van der Waals surface area (Å²) in [7, 11) is 2.04. The second-order valence-electron chi connectivity index (χ2n) is 11.8. The molecular formula is C28H43N7O. The third-order valence-corrected chi connectivity index (χ3v) is 8.16. The molecule has 4 heterocycles. The van der Waals surface area contributed by atoms with Crippen molar-refractivity contribution in [1.29, 1.82) is 0 Å². The molecule has 8 nitrogen and oxygen atoms in total. The fraction of sp³-hybridized carbons (Fsp3) is 0.643. The maximum absolute atomic E-state index is 12.4. The van der Waals surface area contributed by atoms with Gasteiger partial charge in [-0.15, -0.1) is 5.10 Å². The third-order valence-electron chi connectivity index (χ3n) is 8.16. The van der Waals surface area contributed by atoms with Crippen LogP contribution in [0.1, 0.15) is 77.6 Å². The molecule has 36 heavy (non-hydrogen) atoms. The zero-order valence-electron chi connectivity index (χ0n) is 22.6. The summed E-state index contributed by atoms with van der Waals surface area (Å²) in [6.45, 7) is 11.7. The van der Waals surface area contributed by atoms with Crippen molar-refractivity contribution >= 4 is 17.4 Å². The van der Waals surface area contributed by atoms with Gasteiger partial charge in [0, 0.05) is 54.7 Å². The van der Waals surface area contributed by atoms with Crippen LogP contribution in [0, 0.1) is 0 Å². The quantitative estimate of drug-likeness (QED) is 0.580. The van der Waals surface area contributed by atoms with Crippen LogP contribution in [0.4, 0.5) is 11.5 Å². The Labute approximate surface area is 216 Å². The van der Waals surface area contributed by atoms with E-state index in [1.165, 1.54) is 0 Å². The number of hydrogen-bond acceptors (Lipinski definition) is 7. The number of pyridine rings is 1. The lowest BCUT2D eigenvalue weighted by Gasteiger charge is -2.33. The highest BCUT2D eigenvalue weighted by atomic mass is 16.2. The van der Waals surface area contributed by atoms with Crippen molar-refractivity contribution in [3.05, 3.63) is 41.9 Å². The van der Waals surface area contributed by atoms with Crippen molar-refractivity contribution in [2.75, 3.05) is 36.5 Å². The molecular weight excluding hydrogens is 450 g/mol. The summed E-state index contributed by atoms with van der Waals surface area (Å²) in [5.74, 6) is 1.06. The molecule has 1 amide bonds. The highest BCUT2D eigenvalue weighted by Gasteiger charge is 2.30. The number of carbonyl (C=O) groups excluding carboxylic acids is 1. The molecule has 2 saturated heterocycles. The number of piperidine rings is 2. The first-order valence-electron chi connectivity index (χ1n) is 13.4. The van der Waals surface area contributed by atoms with E-state index in [4.69, 9.17) is 10.7 Å². The Morgan fingerprint density at radius 1 is 0.944 bits per heavy atom. The number of carbonyl (C=O) groups is 1. The van der Waals surface area contributed by atoms with E-state index in [-0.39, 0.29) is 22.8 Å². The Morgan fingerprint density at radius 2 is 1.61 bits per heavy atom.